The Hall–Kier alpha value is -1.97. The Bertz CT molecular complexity index is 543. The first-order chi connectivity index (χ1) is 8.11. The number of carbonyl (C=O) groups is 1. The van der Waals surface area contributed by atoms with Gasteiger partial charge in [-0.2, -0.15) is 0 Å². The molecule has 0 saturated heterocycles. The van der Waals surface area contributed by atoms with E-state index < -0.39 is 0 Å². The lowest BCUT2D eigenvalue weighted by Gasteiger charge is -2.06. The first-order valence-corrected chi connectivity index (χ1v) is 5.58. The van der Waals surface area contributed by atoms with Gasteiger partial charge in [-0.3, -0.25) is 4.79 Å². The van der Waals surface area contributed by atoms with Crippen LogP contribution in [0, 0.1) is 0 Å². The molecule has 4 nitrogen and oxygen atoms in total. The van der Waals surface area contributed by atoms with E-state index in [9.17, 15) is 4.79 Å². The molecule has 1 aromatic carbocycles. The number of rotatable bonds is 3. The zero-order chi connectivity index (χ0) is 12.4. The number of fused-ring (bicyclic) bond motifs is 1. The van der Waals surface area contributed by atoms with E-state index in [-0.39, 0.29) is 11.9 Å². The third kappa shape index (κ3) is 2.25. The van der Waals surface area contributed by atoms with Gasteiger partial charge in [0.25, 0.3) is 5.91 Å². The molecule has 0 bridgehead atoms. The standard InChI is InChI=1S/C13H16N2O2/c1-8(2)14-13(16)10-7-9-5-4-6-11(17-3)12(9)15-10/h4-8,15H,1-3H3,(H,14,16). The lowest BCUT2D eigenvalue weighted by atomic mass is 10.2. The van der Waals surface area contributed by atoms with E-state index >= 15 is 0 Å². The largest absolute Gasteiger partial charge is 0.495 e. The minimum atomic E-state index is -0.0988. The van der Waals surface area contributed by atoms with Crippen molar-refractivity contribution in [1.29, 1.82) is 0 Å². The quantitative estimate of drug-likeness (QED) is 0.853. The lowest BCUT2D eigenvalue weighted by molar-refractivity contribution is 0.0939. The summed E-state index contributed by atoms with van der Waals surface area (Å²) in [6.45, 7) is 3.86. The van der Waals surface area contributed by atoms with Crippen LogP contribution in [0.5, 0.6) is 5.75 Å². The Morgan fingerprint density at radius 2 is 2.18 bits per heavy atom. The Balaban J connectivity index is 2.41. The molecule has 0 fully saturated rings. The van der Waals surface area contributed by atoms with Gasteiger partial charge in [0.05, 0.1) is 12.6 Å². The fourth-order valence-corrected chi connectivity index (χ4v) is 1.76. The molecule has 2 N–H and O–H groups in total. The number of carbonyl (C=O) groups excluding carboxylic acids is 1. The highest BCUT2D eigenvalue weighted by atomic mass is 16.5. The molecule has 0 aliphatic heterocycles. The van der Waals surface area contributed by atoms with E-state index in [4.69, 9.17) is 4.74 Å². The van der Waals surface area contributed by atoms with Crippen molar-refractivity contribution in [2.45, 2.75) is 19.9 Å². The summed E-state index contributed by atoms with van der Waals surface area (Å²) in [4.78, 5) is 14.9. The zero-order valence-corrected chi connectivity index (χ0v) is 10.2. The molecule has 0 saturated carbocycles. The number of methoxy groups -OCH3 is 1. The van der Waals surface area contributed by atoms with E-state index in [1.54, 1.807) is 7.11 Å². The molecule has 0 atom stereocenters. The van der Waals surface area contributed by atoms with Crippen LogP contribution in [0.4, 0.5) is 0 Å². The van der Waals surface area contributed by atoms with Crippen molar-refractivity contribution in [3.05, 3.63) is 30.0 Å². The minimum Gasteiger partial charge on any atom is -0.495 e. The maximum absolute atomic E-state index is 11.8. The third-order valence-corrected chi connectivity index (χ3v) is 2.50. The Morgan fingerprint density at radius 1 is 1.41 bits per heavy atom. The number of para-hydroxylation sites is 1. The lowest BCUT2D eigenvalue weighted by Crippen LogP contribution is -2.30. The number of ether oxygens (including phenoxy) is 1. The van der Waals surface area contributed by atoms with Crippen molar-refractivity contribution < 1.29 is 9.53 Å². The first kappa shape index (κ1) is 11.5. The summed E-state index contributed by atoms with van der Waals surface area (Å²) in [6, 6.07) is 7.66. The summed E-state index contributed by atoms with van der Waals surface area (Å²) >= 11 is 0. The summed E-state index contributed by atoms with van der Waals surface area (Å²) in [5, 5.41) is 3.82. The molecule has 0 aliphatic rings. The van der Waals surface area contributed by atoms with Gasteiger partial charge in [0.1, 0.15) is 11.4 Å². The van der Waals surface area contributed by atoms with Crippen LogP contribution in [-0.4, -0.2) is 24.0 Å². The van der Waals surface area contributed by atoms with E-state index in [1.165, 1.54) is 0 Å². The number of aromatic amines is 1. The first-order valence-electron chi connectivity index (χ1n) is 5.58. The van der Waals surface area contributed by atoms with Crippen molar-refractivity contribution >= 4 is 16.8 Å². The number of benzene rings is 1. The van der Waals surface area contributed by atoms with Crippen molar-refractivity contribution in [1.82, 2.24) is 10.3 Å². The van der Waals surface area contributed by atoms with E-state index in [0.29, 0.717) is 5.69 Å². The summed E-state index contributed by atoms with van der Waals surface area (Å²) in [7, 11) is 1.61. The molecule has 2 rings (SSSR count). The minimum absolute atomic E-state index is 0.0988. The molecule has 0 spiro atoms. The van der Waals surface area contributed by atoms with Gasteiger partial charge in [-0.15, -0.1) is 0 Å². The molecular weight excluding hydrogens is 216 g/mol. The number of hydrogen-bond acceptors (Lipinski definition) is 2. The molecule has 1 amide bonds. The Morgan fingerprint density at radius 3 is 2.82 bits per heavy atom. The molecule has 0 aliphatic carbocycles. The van der Waals surface area contributed by atoms with Gasteiger partial charge in [-0.05, 0) is 26.0 Å². The van der Waals surface area contributed by atoms with E-state index in [1.807, 2.05) is 38.1 Å². The average Bonchev–Trinajstić information content (AvgIpc) is 2.71. The number of H-pyrrole nitrogens is 1. The fraction of sp³-hybridized carbons (Fsp3) is 0.308. The number of aromatic nitrogens is 1. The molecule has 1 heterocycles. The van der Waals surface area contributed by atoms with Crippen LogP contribution in [-0.2, 0) is 0 Å². The molecule has 90 valence electrons. The normalized spacial score (nSPS) is 10.8. The van der Waals surface area contributed by atoms with Crippen LogP contribution in [0.3, 0.4) is 0 Å². The van der Waals surface area contributed by atoms with Gasteiger partial charge in [0.15, 0.2) is 0 Å². The second kappa shape index (κ2) is 4.49. The van der Waals surface area contributed by atoms with E-state index in [2.05, 4.69) is 10.3 Å². The predicted octanol–water partition coefficient (Wildman–Crippen LogP) is 2.31. The fourth-order valence-electron chi connectivity index (χ4n) is 1.76. The van der Waals surface area contributed by atoms with Crippen LogP contribution >= 0.6 is 0 Å². The predicted molar refractivity (Wildman–Crippen MR) is 67.5 cm³/mol. The van der Waals surface area contributed by atoms with Gasteiger partial charge >= 0.3 is 0 Å². The van der Waals surface area contributed by atoms with Gasteiger partial charge in [0, 0.05) is 11.4 Å². The van der Waals surface area contributed by atoms with Crippen LogP contribution in [0.25, 0.3) is 10.9 Å². The second-order valence-corrected chi connectivity index (χ2v) is 4.24. The second-order valence-electron chi connectivity index (χ2n) is 4.24. The van der Waals surface area contributed by atoms with Crippen LogP contribution < -0.4 is 10.1 Å². The topological polar surface area (TPSA) is 54.1 Å². The van der Waals surface area contributed by atoms with Crippen LogP contribution in [0.2, 0.25) is 0 Å². The molecule has 4 heteroatoms. The number of nitrogens with one attached hydrogen (secondary N) is 2. The van der Waals surface area contributed by atoms with Gasteiger partial charge in [-0.25, -0.2) is 0 Å². The van der Waals surface area contributed by atoms with Crippen molar-refractivity contribution in [2.24, 2.45) is 0 Å². The highest BCUT2D eigenvalue weighted by Crippen LogP contribution is 2.25. The van der Waals surface area contributed by atoms with Crippen LogP contribution in [0.1, 0.15) is 24.3 Å². The molecule has 0 unspecified atom stereocenters. The zero-order valence-electron chi connectivity index (χ0n) is 10.2. The van der Waals surface area contributed by atoms with Crippen LogP contribution in [0.15, 0.2) is 24.3 Å². The molecular formula is C13H16N2O2. The SMILES string of the molecule is COc1cccc2cc(C(=O)NC(C)C)[nH]c12. The van der Waals surface area contributed by atoms with Gasteiger partial charge < -0.3 is 15.0 Å². The maximum Gasteiger partial charge on any atom is 0.267 e. The highest BCUT2D eigenvalue weighted by molar-refractivity contribution is 5.99. The highest BCUT2D eigenvalue weighted by Gasteiger charge is 2.12. The molecule has 2 aromatic rings. The Kier molecular flexibility index (Phi) is 3.04. The van der Waals surface area contributed by atoms with Crippen molar-refractivity contribution in [2.75, 3.05) is 7.11 Å². The van der Waals surface area contributed by atoms with E-state index in [0.717, 1.165) is 16.7 Å². The third-order valence-electron chi connectivity index (χ3n) is 2.50. The van der Waals surface area contributed by atoms with Crippen molar-refractivity contribution in [3.8, 4) is 5.75 Å². The number of amides is 1. The molecule has 0 radical (unpaired) electrons. The van der Waals surface area contributed by atoms with Gasteiger partial charge in [-0.1, -0.05) is 12.1 Å². The number of hydrogen-bond donors (Lipinski definition) is 2. The summed E-state index contributed by atoms with van der Waals surface area (Å²) in [6.07, 6.45) is 0. The monoisotopic (exact) mass is 232 g/mol. The molecule has 1 aromatic heterocycles. The Labute approximate surface area is 100.0 Å². The summed E-state index contributed by atoms with van der Waals surface area (Å²) in [5.74, 6) is 0.643. The summed E-state index contributed by atoms with van der Waals surface area (Å²) in [5.41, 5.74) is 1.40. The van der Waals surface area contributed by atoms with Gasteiger partial charge in [0.2, 0.25) is 0 Å². The smallest absolute Gasteiger partial charge is 0.267 e. The summed E-state index contributed by atoms with van der Waals surface area (Å²) < 4.78 is 5.24. The molecule has 17 heavy (non-hydrogen) atoms. The maximum atomic E-state index is 11.8. The average molecular weight is 232 g/mol. The van der Waals surface area contributed by atoms with Crippen molar-refractivity contribution in [3.63, 3.8) is 0 Å².